The Hall–Kier alpha value is -2.91. The van der Waals surface area contributed by atoms with Gasteiger partial charge in [0.15, 0.2) is 0 Å². The summed E-state index contributed by atoms with van der Waals surface area (Å²) in [5.41, 5.74) is 3.74. The van der Waals surface area contributed by atoms with Gasteiger partial charge in [0.25, 0.3) is 0 Å². The van der Waals surface area contributed by atoms with E-state index >= 15 is 0 Å². The van der Waals surface area contributed by atoms with E-state index in [1.54, 1.807) is 25.1 Å². The Morgan fingerprint density at radius 1 is 1.21 bits per heavy atom. The summed E-state index contributed by atoms with van der Waals surface area (Å²) in [6.07, 6.45) is 1.52. The minimum Gasteiger partial charge on any atom is -0.457 e. The van der Waals surface area contributed by atoms with Crippen molar-refractivity contribution in [3.8, 4) is 0 Å². The van der Waals surface area contributed by atoms with Crippen molar-refractivity contribution in [1.82, 2.24) is 9.72 Å². The molecule has 0 radical (unpaired) electrons. The number of esters is 1. The Balaban J connectivity index is 1.76. The van der Waals surface area contributed by atoms with E-state index in [1.165, 1.54) is 18.3 Å². The summed E-state index contributed by atoms with van der Waals surface area (Å²) >= 11 is 0. The number of sulfonamides is 1. The Morgan fingerprint density at radius 3 is 2.46 bits per heavy atom. The van der Waals surface area contributed by atoms with Gasteiger partial charge in [0.1, 0.15) is 12.4 Å². The molecule has 0 saturated heterocycles. The fourth-order valence-electron chi connectivity index (χ4n) is 2.90. The Kier molecular flexibility index (Phi) is 5.39. The van der Waals surface area contributed by atoms with Crippen LogP contribution in [0, 0.1) is 20.8 Å². The number of primary sulfonamides is 1. The van der Waals surface area contributed by atoms with Crippen molar-refractivity contribution in [2.45, 2.75) is 38.8 Å². The van der Waals surface area contributed by atoms with Crippen molar-refractivity contribution in [1.29, 1.82) is 0 Å². The van der Waals surface area contributed by atoms with Gasteiger partial charge in [0.05, 0.1) is 22.2 Å². The highest BCUT2D eigenvalue weighted by Gasteiger charge is 2.18. The lowest BCUT2D eigenvalue weighted by Crippen LogP contribution is -2.12. The molecule has 8 nitrogen and oxygen atoms in total. The number of nitrogens with two attached hydrogens (primary N) is 1. The van der Waals surface area contributed by atoms with Crippen molar-refractivity contribution in [3.63, 3.8) is 0 Å². The lowest BCUT2D eigenvalue weighted by atomic mass is 10.2. The summed E-state index contributed by atoms with van der Waals surface area (Å²) in [4.78, 5) is 12.5. The quantitative estimate of drug-likeness (QED) is 0.632. The van der Waals surface area contributed by atoms with Crippen LogP contribution in [0.25, 0.3) is 0 Å². The third kappa shape index (κ3) is 4.15. The van der Waals surface area contributed by atoms with Crippen LogP contribution in [-0.4, -0.2) is 24.1 Å². The zero-order chi connectivity index (χ0) is 20.5. The number of carbonyl (C=O) groups excluding carboxylic acids is 1. The molecule has 2 heterocycles. The minimum absolute atomic E-state index is 0.0606. The molecule has 0 aliphatic carbocycles. The molecule has 0 atom stereocenters. The van der Waals surface area contributed by atoms with Crippen LogP contribution >= 0.6 is 0 Å². The van der Waals surface area contributed by atoms with Crippen LogP contribution in [0.4, 0.5) is 0 Å². The van der Waals surface area contributed by atoms with Crippen LogP contribution in [0.1, 0.15) is 38.6 Å². The van der Waals surface area contributed by atoms with Crippen molar-refractivity contribution in [2.24, 2.45) is 5.14 Å². The normalized spacial score (nSPS) is 11.6. The molecule has 1 aromatic carbocycles. The number of nitrogens with zero attached hydrogens (tertiary/aromatic N) is 2. The van der Waals surface area contributed by atoms with E-state index in [0.29, 0.717) is 17.9 Å². The summed E-state index contributed by atoms with van der Waals surface area (Å²) in [6.45, 7) is 6.07. The minimum atomic E-state index is -3.72. The van der Waals surface area contributed by atoms with Crippen LogP contribution < -0.4 is 5.14 Å². The molecule has 0 unspecified atom stereocenters. The van der Waals surface area contributed by atoms with Gasteiger partial charge in [-0.05, 0) is 44.5 Å². The molecule has 0 aliphatic heterocycles. The first-order valence-corrected chi connectivity index (χ1v) is 10.1. The fraction of sp³-hybridized carbons (Fsp3) is 0.263. The molecule has 0 aliphatic rings. The van der Waals surface area contributed by atoms with Crippen molar-refractivity contribution >= 4 is 16.0 Å². The van der Waals surface area contributed by atoms with Gasteiger partial charge in [-0.15, -0.1) is 0 Å². The monoisotopic (exact) mass is 403 g/mol. The Morgan fingerprint density at radius 2 is 1.89 bits per heavy atom. The maximum absolute atomic E-state index is 12.5. The predicted molar refractivity (Wildman–Crippen MR) is 101 cm³/mol. The second-order valence-electron chi connectivity index (χ2n) is 6.54. The van der Waals surface area contributed by atoms with E-state index in [4.69, 9.17) is 14.4 Å². The zero-order valence-electron chi connectivity index (χ0n) is 15.8. The fourth-order valence-corrected chi connectivity index (χ4v) is 3.41. The first-order chi connectivity index (χ1) is 13.2. The van der Waals surface area contributed by atoms with Gasteiger partial charge in [-0.3, -0.25) is 0 Å². The van der Waals surface area contributed by atoms with Crippen LogP contribution in [0.3, 0.4) is 0 Å². The summed E-state index contributed by atoms with van der Waals surface area (Å²) in [7, 11) is -3.72. The molecular weight excluding hydrogens is 382 g/mol. The molecule has 0 spiro atoms. The van der Waals surface area contributed by atoms with Gasteiger partial charge >= 0.3 is 5.97 Å². The largest absolute Gasteiger partial charge is 0.457 e. The first kappa shape index (κ1) is 19.8. The third-order valence-corrected chi connectivity index (χ3v) is 5.52. The van der Waals surface area contributed by atoms with Gasteiger partial charge in [-0.2, -0.15) is 0 Å². The van der Waals surface area contributed by atoms with Crippen LogP contribution in [0.5, 0.6) is 0 Å². The molecule has 9 heteroatoms. The van der Waals surface area contributed by atoms with Gasteiger partial charge in [-0.25, -0.2) is 18.4 Å². The molecule has 3 aromatic rings. The summed E-state index contributed by atoms with van der Waals surface area (Å²) < 4.78 is 35.0. The van der Waals surface area contributed by atoms with Gasteiger partial charge < -0.3 is 13.8 Å². The maximum Gasteiger partial charge on any atom is 0.340 e. The molecule has 28 heavy (non-hydrogen) atoms. The highest BCUT2D eigenvalue weighted by atomic mass is 32.2. The molecule has 148 valence electrons. The maximum atomic E-state index is 12.5. The highest BCUT2D eigenvalue weighted by Crippen LogP contribution is 2.20. The number of rotatable bonds is 6. The van der Waals surface area contributed by atoms with Crippen LogP contribution in [0.2, 0.25) is 0 Å². The Labute approximate surface area is 162 Å². The number of hydrogen-bond acceptors (Lipinski definition) is 6. The molecule has 0 saturated carbocycles. The Bertz CT molecular complexity index is 1110. The number of benzene rings is 1. The zero-order valence-corrected chi connectivity index (χ0v) is 16.6. The summed E-state index contributed by atoms with van der Waals surface area (Å²) in [6, 6.07) is 8.11. The van der Waals surface area contributed by atoms with Gasteiger partial charge in [0.2, 0.25) is 10.0 Å². The molecule has 2 aromatic heterocycles. The molecular formula is C19H21N3O5S. The lowest BCUT2D eigenvalue weighted by Gasteiger charge is -2.10. The van der Waals surface area contributed by atoms with Gasteiger partial charge in [0, 0.05) is 17.9 Å². The number of carbonyl (C=O) groups is 1. The molecule has 0 bridgehead atoms. The van der Waals surface area contributed by atoms with E-state index in [0.717, 1.165) is 22.5 Å². The number of aryl methyl sites for hydroxylation is 2. The summed E-state index contributed by atoms with van der Waals surface area (Å²) in [5, 5.41) is 8.78. The van der Waals surface area contributed by atoms with E-state index in [9.17, 15) is 13.2 Å². The number of hydrogen-bond donors (Lipinski definition) is 1. The standard InChI is InChI=1S/C19H21N3O5S/c1-12-8-18(19(23)26-11-16-9-21-27-14(16)3)13(2)22(12)10-15-4-6-17(7-5-15)28(20,24)25/h4-9H,10-11H2,1-3H3,(H2,20,24,25). The lowest BCUT2D eigenvalue weighted by molar-refractivity contribution is 0.0470. The molecule has 2 N–H and O–H groups in total. The van der Waals surface area contributed by atoms with E-state index in [-0.39, 0.29) is 11.5 Å². The van der Waals surface area contributed by atoms with Crippen LogP contribution in [0.15, 0.2) is 45.9 Å². The number of ether oxygens (including phenoxy) is 1. The topological polar surface area (TPSA) is 117 Å². The van der Waals surface area contributed by atoms with Crippen molar-refractivity contribution in [3.05, 3.63) is 70.4 Å². The average Bonchev–Trinajstić information content (AvgIpc) is 3.17. The second kappa shape index (κ2) is 7.61. The third-order valence-electron chi connectivity index (χ3n) is 4.60. The molecule has 0 fully saturated rings. The number of aromatic nitrogens is 2. The highest BCUT2D eigenvalue weighted by molar-refractivity contribution is 7.89. The van der Waals surface area contributed by atoms with Crippen LogP contribution in [-0.2, 0) is 27.9 Å². The smallest absolute Gasteiger partial charge is 0.340 e. The average molecular weight is 403 g/mol. The van der Waals surface area contributed by atoms with E-state index < -0.39 is 16.0 Å². The first-order valence-electron chi connectivity index (χ1n) is 8.52. The van der Waals surface area contributed by atoms with E-state index in [2.05, 4.69) is 5.16 Å². The van der Waals surface area contributed by atoms with Crippen molar-refractivity contribution in [2.75, 3.05) is 0 Å². The van der Waals surface area contributed by atoms with Crippen molar-refractivity contribution < 1.29 is 22.5 Å². The predicted octanol–water partition coefficient (Wildman–Crippen LogP) is 2.45. The summed E-state index contributed by atoms with van der Waals surface area (Å²) in [5.74, 6) is 0.186. The SMILES string of the molecule is Cc1oncc1COC(=O)c1cc(C)n(Cc2ccc(S(N)(=O)=O)cc2)c1C. The second-order valence-corrected chi connectivity index (χ2v) is 8.10. The molecule has 0 amide bonds. The molecule has 3 rings (SSSR count). The van der Waals surface area contributed by atoms with Gasteiger partial charge in [-0.1, -0.05) is 17.3 Å². The van der Waals surface area contributed by atoms with E-state index in [1.807, 2.05) is 18.4 Å².